The highest BCUT2D eigenvalue weighted by atomic mass is 35.5. The third-order valence-corrected chi connectivity index (χ3v) is 2.57. The summed E-state index contributed by atoms with van der Waals surface area (Å²) in [5.41, 5.74) is 0.834. The summed E-state index contributed by atoms with van der Waals surface area (Å²) >= 11 is 5.90. The second kappa shape index (κ2) is 5.21. The van der Waals surface area contributed by atoms with E-state index in [1.165, 1.54) is 0 Å². The summed E-state index contributed by atoms with van der Waals surface area (Å²) in [5.74, 6) is -0.526. The molecule has 0 atom stereocenters. The van der Waals surface area contributed by atoms with Crippen LogP contribution in [0.15, 0.2) is 18.2 Å². The molecule has 1 aromatic rings. The Hall–Kier alpha value is -1.22. The number of carboxylic acid groups (broad SMARTS) is 1. The number of carbonyl (C=O) groups is 1. The predicted octanol–water partition coefficient (Wildman–Crippen LogP) is 3.13. The zero-order chi connectivity index (χ0) is 12.3. The first kappa shape index (κ1) is 12.8. The standard InChI is InChI=1S/C12H16ClNO2/c1-8(2)7-14(3)10-6-4-5-9(13)11(10)12(15)16/h4-6,8H,7H2,1-3H3,(H,15,16). The van der Waals surface area contributed by atoms with Crippen LogP contribution in [-0.2, 0) is 0 Å². The Morgan fingerprint density at radius 2 is 2.12 bits per heavy atom. The predicted molar refractivity (Wildman–Crippen MR) is 66.5 cm³/mol. The van der Waals surface area contributed by atoms with Gasteiger partial charge in [-0.15, -0.1) is 0 Å². The van der Waals surface area contributed by atoms with Crippen LogP contribution in [0.5, 0.6) is 0 Å². The molecule has 0 heterocycles. The van der Waals surface area contributed by atoms with Gasteiger partial charge in [-0.1, -0.05) is 31.5 Å². The van der Waals surface area contributed by atoms with Crippen LogP contribution in [0.3, 0.4) is 0 Å². The van der Waals surface area contributed by atoms with E-state index in [4.69, 9.17) is 16.7 Å². The maximum absolute atomic E-state index is 11.1. The van der Waals surface area contributed by atoms with Crippen molar-refractivity contribution in [3.8, 4) is 0 Å². The normalized spacial score (nSPS) is 10.6. The molecule has 88 valence electrons. The van der Waals surface area contributed by atoms with Gasteiger partial charge < -0.3 is 10.0 Å². The van der Waals surface area contributed by atoms with Crippen molar-refractivity contribution in [2.75, 3.05) is 18.5 Å². The molecule has 0 aliphatic rings. The van der Waals surface area contributed by atoms with Crippen LogP contribution < -0.4 is 4.90 Å². The Kier molecular flexibility index (Phi) is 4.19. The van der Waals surface area contributed by atoms with E-state index in [9.17, 15) is 4.79 Å². The molecule has 3 nitrogen and oxygen atoms in total. The van der Waals surface area contributed by atoms with Crippen molar-refractivity contribution < 1.29 is 9.90 Å². The van der Waals surface area contributed by atoms with E-state index >= 15 is 0 Å². The van der Waals surface area contributed by atoms with Crippen molar-refractivity contribution in [1.82, 2.24) is 0 Å². The van der Waals surface area contributed by atoms with E-state index in [1.807, 2.05) is 11.9 Å². The number of anilines is 1. The molecule has 0 unspecified atom stereocenters. The summed E-state index contributed by atoms with van der Waals surface area (Å²) in [6, 6.07) is 5.14. The molecule has 1 aromatic carbocycles. The number of hydrogen-bond acceptors (Lipinski definition) is 2. The van der Waals surface area contributed by atoms with Crippen molar-refractivity contribution in [2.45, 2.75) is 13.8 Å². The monoisotopic (exact) mass is 241 g/mol. The van der Waals surface area contributed by atoms with E-state index in [0.717, 1.165) is 6.54 Å². The van der Waals surface area contributed by atoms with Gasteiger partial charge >= 0.3 is 5.97 Å². The SMILES string of the molecule is CC(C)CN(C)c1cccc(Cl)c1C(=O)O. The number of rotatable bonds is 4. The van der Waals surface area contributed by atoms with Gasteiger partial charge in [0, 0.05) is 13.6 Å². The van der Waals surface area contributed by atoms with Crippen LogP contribution in [0.25, 0.3) is 0 Å². The molecule has 0 bridgehead atoms. The number of hydrogen-bond donors (Lipinski definition) is 1. The third kappa shape index (κ3) is 2.89. The number of carboxylic acids is 1. The molecule has 0 saturated heterocycles. The average Bonchev–Trinajstić information content (AvgIpc) is 2.15. The molecule has 0 aromatic heterocycles. The molecule has 16 heavy (non-hydrogen) atoms. The molecule has 0 radical (unpaired) electrons. The van der Waals surface area contributed by atoms with Gasteiger partial charge in [0.15, 0.2) is 0 Å². The molecule has 0 aliphatic carbocycles. The lowest BCUT2D eigenvalue weighted by atomic mass is 10.1. The lowest BCUT2D eigenvalue weighted by Gasteiger charge is -2.23. The summed E-state index contributed by atoms with van der Waals surface area (Å²) in [4.78, 5) is 13.0. The van der Waals surface area contributed by atoms with Crippen LogP contribution in [0, 0.1) is 5.92 Å². The van der Waals surface area contributed by atoms with Crippen molar-refractivity contribution >= 4 is 23.3 Å². The molecule has 4 heteroatoms. The minimum Gasteiger partial charge on any atom is -0.478 e. The summed E-state index contributed by atoms with van der Waals surface area (Å²) < 4.78 is 0. The Balaban J connectivity index is 3.12. The summed E-state index contributed by atoms with van der Waals surface area (Å²) in [6.45, 7) is 4.96. The number of nitrogens with zero attached hydrogens (tertiary/aromatic N) is 1. The van der Waals surface area contributed by atoms with Crippen molar-refractivity contribution in [1.29, 1.82) is 0 Å². The van der Waals surface area contributed by atoms with Gasteiger partial charge in [0.2, 0.25) is 0 Å². The molecular weight excluding hydrogens is 226 g/mol. The first-order valence-corrected chi connectivity index (χ1v) is 5.54. The van der Waals surface area contributed by atoms with Crippen molar-refractivity contribution in [2.24, 2.45) is 5.92 Å². The van der Waals surface area contributed by atoms with Crippen molar-refractivity contribution in [3.63, 3.8) is 0 Å². The highest BCUT2D eigenvalue weighted by Crippen LogP contribution is 2.27. The maximum atomic E-state index is 11.1. The lowest BCUT2D eigenvalue weighted by Crippen LogP contribution is -2.24. The highest BCUT2D eigenvalue weighted by molar-refractivity contribution is 6.34. The van der Waals surface area contributed by atoms with E-state index < -0.39 is 5.97 Å². The fraction of sp³-hybridized carbons (Fsp3) is 0.417. The second-order valence-corrected chi connectivity index (χ2v) is 4.62. The van der Waals surface area contributed by atoms with E-state index in [1.54, 1.807) is 18.2 Å². The van der Waals surface area contributed by atoms with Crippen molar-refractivity contribution in [3.05, 3.63) is 28.8 Å². The second-order valence-electron chi connectivity index (χ2n) is 4.21. The molecule has 0 fully saturated rings. The summed E-state index contributed by atoms with van der Waals surface area (Å²) in [7, 11) is 1.87. The summed E-state index contributed by atoms with van der Waals surface area (Å²) in [6.07, 6.45) is 0. The number of aromatic carboxylic acids is 1. The van der Waals surface area contributed by atoms with Gasteiger partial charge in [0.1, 0.15) is 5.56 Å². The average molecular weight is 242 g/mol. The quantitative estimate of drug-likeness (QED) is 0.881. The van der Waals surface area contributed by atoms with Gasteiger partial charge in [-0.3, -0.25) is 0 Å². The van der Waals surface area contributed by atoms with Crippen LogP contribution >= 0.6 is 11.6 Å². The van der Waals surface area contributed by atoms with Gasteiger partial charge in [0.25, 0.3) is 0 Å². The molecule has 0 amide bonds. The fourth-order valence-electron chi connectivity index (χ4n) is 1.69. The Morgan fingerprint density at radius 1 is 1.50 bits per heavy atom. The Labute approximate surface area is 101 Å². The van der Waals surface area contributed by atoms with Gasteiger partial charge in [-0.25, -0.2) is 4.79 Å². The van der Waals surface area contributed by atoms with Crippen LogP contribution in [0.4, 0.5) is 5.69 Å². The smallest absolute Gasteiger partial charge is 0.339 e. The minimum atomic E-state index is -0.990. The molecule has 1 N–H and O–H groups in total. The highest BCUT2D eigenvalue weighted by Gasteiger charge is 2.17. The van der Waals surface area contributed by atoms with Gasteiger partial charge in [0.05, 0.1) is 10.7 Å². The zero-order valence-electron chi connectivity index (χ0n) is 9.70. The third-order valence-electron chi connectivity index (χ3n) is 2.26. The van der Waals surface area contributed by atoms with E-state index in [-0.39, 0.29) is 10.6 Å². The van der Waals surface area contributed by atoms with E-state index in [2.05, 4.69) is 13.8 Å². The number of benzene rings is 1. The van der Waals surface area contributed by atoms with Crippen LogP contribution in [0.2, 0.25) is 5.02 Å². The van der Waals surface area contributed by atoms with E-state index in [0.29, 0.717) is 11.6 Å². The molecule has 0 spiro atoms. The maximum Gasteiger partial charge on any atom is 0.339 e. The zero-order valence-corrected chi connectivity index (χ0v) is 10.5. The number of halogens is 1. The minimum absolute atomic E-state index is 0.173. The largest absolute Gasteiger partial charge is 0.478 e. The molecular formula is C12H16ClNO2. The molecule has 0 aliphatic heterocycles. The summed E-state index contributed by atoms with van der Waals surface area (Å²) in [5, 5.41) is 9.40. The van der Waals surface area contributed by atoms with Gasteiger partial charge in [-0.05, 0) is 18.1 Å². The molecule has 1 rings (SSSR count). The van der Waals surface area contributed by atoms with Crippen LogP contribution in [-0.4, -0.2) is 24.7 Å². The Morgan fingerprint density at radius 3 is 2.62 bits per heavy atom. The topological polar surface area (TPSA) is 40.5 Å². The first-order valence-electron chi connectivity index (χ1n) is 5.16. The van der Waals surface area contributed by atoms with Gasteiger partial charge in [-0.2, -0.15) is 0 Å². The first-order chi connectivity index (χ1) is 7.43. The Bertz CT molecular complexity index is 391. The molecule has 0 saturated carbocycles. The van der Waals surface area contributed by atoms with Crippen LogP contribution in [0.1, 0.15) is 24.2 Å². The fourth-order valence-corrected chi connectivity index (χ4v) is 1.94. The lowest BCUT2D eigenvalue weighted by molar-refractivity contribution is 0.0697.